The van der Waals surface area contributed by atoms with Gasteiger partial charge < -0.3 is 10.0 Å². The summed E-state index contributed by atoms with van der Waals surface area (Å²) in [6, 6.07) is 4.20. The van der Waals surface area contributed by atoms with Gasteiger partial charge in [0.2, 0.25) is 5.69 Å². The number of aromatic nitrogens is 1. The summed E-state index contributed by atoms with van der Waals surface area (Å²) < 4.78 is 0. The molecule has 0 amide bonds. The first kappa shape index (κ1) is 13.4. The lowest BCUT2D eigenvalue weighted by Gasteiger charge is -2.16. The van der Waals surface area contributed by atoms with E-state index in [-0.39, 0.29) is 24.3 Å². The molecule has 0 saturated heterocycles. The minimum atomic E-state index is -0.954. The molecule has 0 radical (unpaired) electrons. The van der Waals surface area contributed by atoms with Gasteiger partial charge in [0.15, 0.2) is 0 Å². The fourth-order valence-electron chi connectivity index (χ4n) is 1.26. The van der Waals surface area contributed by atoms with Crippen LogP contribution in [-0.2, 0) is 4.79 Å². The molecule has 18 heavy (non-hydrogen) atoms. The van der Waals surface area contributed by atoms with E-state index in [1.54, 1.807) is 13.1 Å². The van der Waals surface area contributed by atoms with Crippen molar-refractivity contribution in [1.82, 2.24) is 4.98 Å². The van der Waals surface area contributed by atoms with Crippen LogP contribution in [0.2, 0.25) is 0 Å². The second kappa shape index (κ2) is 5.58. The fraction of sp³-hybridized carbons (Fsp3) is 0.300. The van der Waals surface area contributed by atoms with Crippen LogP contribution in [0, 0.1) is 21.4 Å². The first-order valence-corrected chi connectivity index (χ1v) is 4.94. The fourth-order valence-corrected chi connectivity index (χ4v) is 1.26. The van der Waals surface area contributed by atoms with Crippen molar-refractivity contribution >= 4 is 17.5 Å². The van der Waals surface area contributed by atoms with Crippen molar-refractivity contribution in [2.45, 2.75) is 6.42 Å². The highest BCUT2D eigenvalue weighted by Gasteiger charge is 2.17. The van der Waals surface area contributed by atoms with Gasteiger partial charge in [-0.15, -0.1) is 0 Å². The third-order valence-corrected chi connectivity index (χ3v) is 2.21. The largest absolute Gasteiger partial charge is 0.481 e. The van der Waals surface area contributed by atoms with Gasteiger partial charge in [0.05, 0.1) is 11.3 Å². The maximum absolute atomic E-state index is 10.6. The molecule has 0 aliphatic heterocycles. The number of carboxylic acids is 1. The molecular weight excluding hydrogens is 240 g/mol. The number of nitrogens with zero attached hydrogens (tertiary/aromatic N) is 4. The number of nitriles is 1. The molecular formula is C10H10N4O4. The van der Waals surface area contributed by atoms with Crippen molar-refractivity contribution in [3.05, 3.63) is 27.9 Å². The summed E-state index contributed by atoms with van der Waals surface area (Å²) in [6.45, 7) is 0.199. The highest BCUT2D eigenvalue weighted by molar-refractivity contribution is 5.67. The topological polar surface area (TPSA) is 120 Å². The molecule has 0 spiro atoms. The van der Waals surface area contributed by atoms with E-state index in [0.717, 1.165) is 0 Å². The van der Waals surface area contributed by atoms with Gasteiger partial charge in [-0.3, -0.25) is 14.9 Å². The lowest BCUT2D eigenvalue weighted by atomic mass is 10.3. The molecule has 0 atom stereocenters. The van der Waals surface area contributed by atoms with Crippen molar-refractivity contribution in [1.29, 1.82) is 5.26 Å². The number of carboxylic acid groups (broad SMARTS) is 1. The van der Waals surface area contributed by atoms with Crippen LogP contribution in [0.15, 0.2) is 12.1 Å². The van der Waals surface area contributed by atoms with Crippen LogP contribution in [0.5, 0.6) is 0 Å². The Labute approximate surface area is 102 Å². The zero-order chi connectivity index (χ0) is 13.7. The van der Waals surface area contributed by atoms with Gasteiger partial charge in [0.1, 0.15) is 11.9 Å². The van der Waals surface area contributed by atoms with E-state index >= 15 is 0 Å². The Morgan fingerprint density at radius 1 is 1.67 bits per heavy atom. The third kappa shape index (κ3) is 3.15. The molecule has 1 N–H and O–H groups in total. The lowest BCUT2D eigenvalue weighted by Crippen LogP contribution is -2.22. The van der Waals surface area contributed by atoms with Crippen LogP contribution in [0.4, 0.5) is 11.5 Å². The minimum Gasteiger partial charge on any atom is -0.481 e. The monoisotopic (exact) mass is 250 g/mol. The predicted octanol–water partition coefficient (Wildman–Crippen LogP) is 0.772. The average Bonchev–Trinajstić information content (AvgIpc) is 2.34. The van der Waals surface area contributed by atoms with E-state index in [0.29, 0.717) is 5.82 Å². The van der Waals surface area contributed by atoms with Crippen molar-refractivity contribution in [3.63, 3.8) is 0 Å². The number of nitro groups is 1. The summed E-state index contributed by atoms with van der Waals surface area (Å²) in [5, 5.41) is 27.9. The number of carbonyl (C=O) groups is 1. The molecule has 0 fully saturated rings. The Morgan fingerprint density at radius 2 is 2.33 bits per heavy atom. The first-order chi connectivity index (χ1) is 8.45. The van der Waals surface area contributed by atoms with Crippen molar-refractivity contribution in [2.75, 3.05) is 18.5 Å². The van der Waals surface area contributed by atoms with Crippen LogP contribution >= 0.6 is 0 Å². The first-order valence-electron chi connectivity index (χ1n) is 4.94. The molecule has 0 saturated carbocycles. The molecule has 1 rings (SSSR count). The highest BCUT2D eigenvalue weighted by atomic mass is 16.6. The third-order valence-electron chi connectivity index (χ3n) is 2.21. The molecule has 0 aromatic carbocycles. The summed E-state index contributed by atoms with van der Waals surface area (Å²) in [5.41, 5.74) is -0.660. The predicted molar refractivity (Wildman–Crippen MR) is 61.1 cm³/mol. The SMILES string of the molecule is CN(CCC(=O)O)c1ccc([N+](=O)[O-])c(C#N)n1. The van der Waals surface area contributed by atoms with Crippen LogP contribution in [0.3, 0.4) is 0 Å². The zero-order valence-electron chi connectivity index (χ0n) is 9.53. The van der Waals surface area contributed by atoms with E-state index in [1.165, 1.54) is 17.0 Å². The number of hydrogen-bond acceptors (Lipinski definition) is 6. The van der Waals surface area contributed by atoms with Gasteiger partial charge in [-0.2, -0.15) is 5.26 Å². The normalized spacial score (nSPS) is 9.56. The summed E-state index contributed by atoms with van der Waals surface area (Å²) in [4.78, 5) is 25.7. The number of pyridine rings is 1. The smallest absolute Gasteiger partial charge is 0.305 e. The van der Waals surface area contributed by atoms with E-state index in [9.17, 15) is 14.9 Å². The van der Waals surface area contributed by atoms with Gasteiger partial charge in [-0.1, -0.05) is 0 Å². The Morgan fingerprint density at radius 3 is 2.83 bits per heavy atom. The Hall–Kier alpha value is -2.69. The highest BCUT2D eigenvalue weighted by Crippen LogP contribution is 2.19. The average molecular weight is 250 g/mol. The molecule has 8 nitrogen and oxygen atoms in total. The van der Waals surface area contributed by atoms with Crippen LogP contribution in [0.25, 0.3) is 0 Å². The van der Waals surface area contributed by atoms with Gasteiger partial charge >= 0.3 is 11.7 Å². The molecule has 8 heteroatoms. The summed E-state index contributed by atoms with van der Waals surface area (Å²) in [7, 11) is 1.60. The molecule has 0 aliphatic carbocycles. The van der Waals surface area contributed by atoms with E-state index in [2.05, 4.69) is 4.98 Å². The zero-order valence-corrected chi connectivity index (χ0v) is 9.53. The van der Waals surface area contributed by atoms with Gasteiger partial charge in [-0.05, 0) is 6.07 Å². The van der Waals surface area contributed by atoms with Gasteiger partial charge in [0.25, 0.3) is 0 Å². The molecule has 1 aromatic rings. The number of hydrogen-bond donors (Lipinski definition) is 1. The standard InChI is InChI=1S/C10H10N4O4/c1-13(5-4-10(15)16)9-3-2-8(14(17)18)7(6-11)12-9/h2-3H,4-5H2,1H3,(H,15,16). The van der Waals surface area contributed by atoms with E-state index in [1.807, 2.05) is 0 Å². The molecule has 1 aromatic heterocycles. The van der Waals surface area contributed by atoms with E-state index < -0.39 is 10.9 Å². The quantitative estimate of drug-likeness (QED) is 0.605. The summed E-state index contributed by atoms with van der Waals surface area (Å²) >= 11 is 0. The number of aliphatic carboxylic acids is 1. The molecule has 0 bridgehead atoms. The van der Waals surface area contributed by atoms with E-state index in [4.69, 9.17) is 10.4 Å². The minimum absolute atomic E-state index is 0.0863. The Balaban J connectivity index is 2.95. The second-order valence-electron chi connectivity index (χ2n) is 3.47. The summed E-state index contributed by atoms with van der Waals surface area (Å²) in [5.74, 6) is -0.636. The maximum atomic E-state index is 10.6. The van der Waals surface area contributed by atoms with Crippen molar-refractivity contribution in [2.24, 2.45) is 0 Å². The molecule has 0 unspecified atom stereocenters. The van der Waals surface area contributed by atoms with Gasteiger partial charge in [0, 0.05) is 19.7 Å². The Bertz CT molecular complexity index is 523. The molecule has 1 heterocycles. The van der Waals surface area contributed by atoms with Crippen LogP contribution in [0.1, 0.15) is 12.1 Å². The van der Waals surface area contributed by atoms with Gasteiger partial charge in [-0.25, -0.2) is 4.98 Å². The second-order valence-corrected chi connectivity index (χ2v) is 3.47. The molecule has 94 valence electrons. The maximum Gasteiger partial charge on any atom is 0.305 e. The molecule has 0 aliphatic rings. The summed E-state index contributed by atoms with van der Waals surface area (Å²) in [6.07, 6.45) is -0.0863. The number of anilines is 1. The number of rotatable bonds is 5. The van der Waals surface area contributed by atoms with Crippen molar-refractivity contribution in [3.8, 4) is 6.07 Å². The lowest BCUT2D eigenvalue weighted by molar-refractivity contribution is -0.385. The Kier molecular flexibility index (Phi) is 4.15. The van der Waals surface area contributed by atoms with Crippen molar-refractivity contribution < 1.29 is 14.8 Å². The van der Waals surface area contributed by atoms with Crippen LogP contribution < -0.4 is 4.90 Å². The van der Waals surface area contributed by atoms with Crippen LogP contribution in [-0.4, -0.2) is 34.6 Å².